The maximum atomic E-state index is 12.3. The quantitative estimate of drug-likeness (QED) is 0.294. The van der Waals surface area contributed by atoms with Gasteiger partial charge in [0.15, 0.2) is 17.5 Å². The lowest BCUT2D eigenvalue weighted by molar-refractivity contribution is -0.384. The Morgan fingerprint density at radius 1 is 1.06 bits per heavy atom. The SMILES string of the molecule is Cc1ccccc1OCC(=O)NNC(=S)NC(=O)c1ccc(-c2ccccc2[N+](=O)[O-])o1. The minimum Gasteiger partial charge on any atom is -0.483 e. The number of para-hydroxylation sites is 2. The number of aryl methyl sites for hydroxylation is 1. The molecular weight excluding hydrogens is 436 g/mol. The van der Waals surface area contributed by atoms with E-state index in [1.165, 1.54) is 30.3 Å². The van der Waals surface area contributed by atoms with Gasteiger partial charge in [-0.15, -0.1) is 0 Å². The third-order valence-electron chi connectivity index (χ3n) is 4.19. The van der Waals surface area contributed by atoms with Crippen LogP contribution in [0, 0.1) is 17.0 Å². The molecule has 3 rings (SSSR count). The molecule has 0 unspecified atom stereocenters. The number of amides is 2. The van der Waals surface area contributed by atoms with Crippen molar-refractivity contribution in [1.29, 1.82) is 0 Å². The van der Waals surface area contributed by atoms with Gasteiger partial charge in [-0.2, -0.15) is 0 Å². The van der Waals surface area contributed by atoms with Crippen molar-refractivity contribution in [1.82, 2.24) is 16.2 Å². The van der Waals surface area contributed by atoms with Gasteiger partial charge in [-0.05, 0) is 49.0 Å². The van der Waals surface area contributed by atoms with Crippen LogP contribution in [0.25, 0.3) is 11.3 Å². The molecule has 2 amide bonds. The Labute approximate surface area is 187 Å². The first kappa shape index (κ1) is 22.4. The molecule has 3 aromatic rings. The van der Waals surface area contributed by atoms with Crippen molar-refractivity contribution in [2.75, 3.05) is 6.61 Å². The second kappa shape index (κ2) is 10.2. The molecule has 10 nitrogen and oxygen atoms in total. The van der Waals surface area contributed by atoms with Crippen LogP contribution in [0.5, 0.6) is 5.75 Å². The Morgan fingerprint density at radius 2 is 1.78 bits per heavy atom. The van der Waals surface area contributed by atoms with Gasteiger partial charge in [-0.1, -0.05) is 30.3 Å². The minimum atomic E-state index is -0.697. The first-order valence-corrected chi connectivity index (χ1v) is 9.68. The summed E-state index contributed by atoms with van der Waals surface area (Å²) in [5, 5.41) is 13.3. The van der Waals surface area contributed by atoms with Gasteiger partial charge in [0.05, 0.1) is 10.5 Å². The van der Waals surface area contributed by atoms with Crippen molar-refractivity contribution in [3.63, 3.8) is 0 Å². The number of furan rings is 1. The third-order valence-corrected chi connectivity index (χ3v) is 4.39. The molecule has 0 fully saturated rings. The molecule has 0 saturated heterocycles. The molecule has 0 spiro atoms. The number of thiocarbonyl (C=S) groups is 1. The summed E-state index contributed by atoms with van der Waals surface area (Å²) in [6.45, 7) is 1.60. The fraction of sp³-hybridized carbons (Fsp3) is 0.0952. The van der Waals surface area contributed by atoms with Gasteiger partial charge in [-0.25, -0.2) is 0 Å². The van der Waals surface area contributed by atoms with E-state index in [4.69, 9.17) is 21.4 Å². The van der Waals surface area contributed by atoms with Crippen LogP contribution < -0.4 is 20.9 Å². The van der Waals surface area contributed by atoms with Crippen molar-refractivity contribution in [2.24, 2.45) is 0 Å². The van der Waals surface area contributed by atoms with Crippen molar-refractivity contribution in [3.05, 3.63) is 82.1 Å². The zero-order valence-corrected chi connectivity index (χ0v) is 17.6. The van der Waals surface area contributed by atoms with Gasteiger partial charge in [0.25, 0.3) is 17.5 Å². The van der Waals surface area contributed by atoms with Crippen molar-refractivity contribution >= 4 is 34.8 Å². The highest BCUT2D eigenvalue weighted by Gasteiger charge is 2.19. The van der Waals surface area contributed by atoms with E-state index in [0.717, 1.165) is 5.56 Å². The molecule has 2 aromatic carbocycles. The van der Waals surface area contributed by atoms with E-state index in [2.05, 4.69) is 16.2 Å². The highest BCUT2D eigenvalue weighted by atomic mass is 32.1. The van der Waals surface area contributed by atoms with Crippen LogP contribution in [0.1, 0.15) is 16.1 Å². The molecule has 0 saturated carbocycles. The number of ether oxygens (including phenoxy) is 1. The molecule has 0 bridgehead atoms. The van der Waals surface area contributed by atoms with Crippen LogP contribution in [0.2, 0.25) is 0 Å². The fourth-order valence-electron chi connectivity index (χ4n) is 2.67. The molecule has 0 aliphatic carbocycles. The summed E-state index contributed by atoms with van der Waals surface area (Å²) in [5.41, 5.74) is 5.66. The lowest BCUT2D eigenvalue weighted by Crippen LogP contribution is -2.49. The zero-order valence-electron chi connectivity index (χ0n) is 16.8. The molecule has 32 heavy (non-hydrogen) atoms. The molecule has 0 aliphatic heterocycles. The monoisotopic (exact) mass is 454 g/mol. The van der Waals surface area contributed by atoms with Crippen LogP contribution in [-0.4, -0.2) is 28.5 Å². The molecule has 0 atom stereocenters. The molecule has 0 aliphatic rings. The van der Waals surface area contributed by atoms with Crippen molar-refractivity contribution < 1.29 is 23.7 Å². The first-order chi connectivity index (χ1) is 15.3. The average molecular weight is 454 g/mol. The van der Waals surface area contributed by atoms with E-state index >= 15 is 0 Å². The van der Waals surface area contributed by atoms with Gasteiger partial charge in [0, 0.05) is 6.07 Å². The number of carbonyl (C=O) groups is 2. The smallest absolute Gasteiger partial charge is 0.293 e. The Morgan fingerprint density at radius 3 is 2.53 bits per heavy atom. The summed E-state index contributed by atoms with van der Waals surface area (Å²) in [6.07, 6.45) is 0. The molecule has 3 N–H and O–H groups in total. The van der Waals surface area contributed by atoms with Crippen LogP contribution in [0.15, 0.2) is 65.1 Å². The summed E-state index contributed by atoms with van der Waals surface area (Å²) >= 11 is 4.97. The molecular formula is C21H18N4O6S. The van der Waals surface area contributed by atoms with Gasteiger partial charge in [0.1, 0.15) is 11.5 Å². The average Bonchev–Trinajstić information content (AvgIpc) is 3.27. The van der Waals surface area contributed by atoms with Crippen LogP contribution in [0.3, 0.4) is 0 Å². The number of hydrogen-bond donors (Lipinski definition) is 3. The number of carbonyl (C=O) groups excluding carboxylic acids is 2. The number of benzene rings is 2. The Hall–Kier alpha value is -4.25. The lowest BCUT2D eigenvalue weighted by Gasteiger charge is -2.11. The van der Waals surface area contributed by atoms with Gasteiger partial charge in [-0.3, -0.25) is 35.9 Å². The predicted octanol–water partition coefficient (Wildman–Crippen LogP) is 2.88. The van der Waals surface area contributed by atoms with E-state index in [9.17, 15) is 19.7 Å². The highest BCUT2D eigenvalue weighted by Crippen LogP contribution is 2.30. The molecule has 164 valence electrons. The zero-order chi connectivity index (χ0) is 23.1. The molecule has 0 radical (unpaired) electrons. The Bertz CT molecular complexity index is 1180. The number of rotatable bonds is 6. The number of hydrogen-bond acceptors (Lipinski definition) is 7. The van der Waals surface area contributed by atoms with Gasteiger partial charge < -0.3 is 9.15 Å². The Balaban J connectivity index is 1.51. The fourth-order valence-corrected chi connectivity index (χ4v) is 2.81. The summed E-state index contributed by atoms with van der Waals surface area (Å²) in [5.74, 6) is -0.593. The topological polar surface area (TPSA) is 136 Å². The number of nitro groups is 1. The number of nitrogens with one attached hydrogen (secondary N) is 3. The number of nitrogens with zero attached hydrogens (tertiary/aromatic N) is 1. The second-order valence-corrected chi connectivity index (χ2v) is 6.86. The van der Waals surface area contributed by atoms with Crippen LogP contribution in [0.4, 0.5) is 5.69 Å². The maximum absolute atomic E-state index is 12.3. The standard InChI is InChI=1S/C21H18N4O6S/c1-13-6-2-5-9-16(13)30-12-19(26)23-24-21(32)22-20(27)18-11-10-17(31-18)14-7-3-4-8-15(14)25(28)29/h2-11H,12H2,1H3,(H,23,26)(H2,22,24,27,32). The normalized spacial score (nSPS) is 10.2. The predicted molar refractivity (Wildman–Crippen MR) is 119 cm³/mol. The second-order valence-electron chi connectivity index (χ2n) is 6.45. The van der Waals surface area contributed by atoms with Gasteiger partial charge in [0.2, 0.25) is 0 Å². The van der Waals surface area contributed by atoms with E-state index < -0.39 is 16.7 Å². The van der Waals surface area contributed by atoms with E-state index in [1.54, 1.807) is 18.2 Å². The number of nitro benzene ring substituents is 1. The molecule has 11 heteroatoms. The summed E-state index contributed by atoms with van der Waals surface area (Å²) in [4.78, 5) is 34.8. The minimum absolute atomic E-state index is 0.114. The summed E-state index contributed by atoms with van der Waals surface area (Å²) in [6, 6.07) is 16.0. The summed E-state index contributed by atoms with van der Waals surface area (Å²) in [7, 11) is 0. The first-order valence-electron chi connectivity index (χ1n) is 9.27. The van der Waals surface area contributed by atoms with E-state index in [1.807, 2.05) is 19.1 Å². The van der Waals surface area contributed by atoms with E-state index in [-0.39, 0.29) is 34.5 Å². The summed E-state index contributed by atoms with van der Waals surface area (Å²) < 4.78 is 10.8. The van der Waals surface area contributed by atoms with E-state index in [0.29, 0.717) is 5.75 Å². The maximum Gasteiger partial charge on any atom is 0.293 e. The lowest BCUT2D eigenvalue weighted by atomic mass is 10.1. The third kappa shape index (κ3) is 5.67. The van der Waals surface area contributed by atoms with Gasteiger partial charge >= 0.3 is 0 Å². The molecule has 1 heterocycles. The number of hydrazine groups is 1. The Kier molecular flexibility index (Phi) is 7.13. The van der Waals surface area contributed by atoms with Crippen molar-refractivity contribution in [3.8, 4) is 17.1 Å². The van der Waals surface area contributed by atoms with Crippen LogP contribution >= 0.6 is 12.2 Å². The largest absolute Gasteiger partial charge is 0.483 e. The molecule has 1 aromatic heterocycles. The van der Waals surface area contributed by atoms with Crippen molar-refractivity contribution in [2.45, 2.75) is 6.92 Å². The van der Waals surface area contributed by atoms with Crippen LogP contribution in [-0.2, 0) is 4.79 Å². The highest BCUT2D eigenvalue weighted by molar-refractivity contribution is 7.80.